The molecule has 1 aromatic carbocycles. The predicted molar refractivity (Wildman–Crippen MR) is 87.4 cm³/mol. The Morgan fingerprint density at radius 3 is 2.62 bits per heavy atom. The minimum absolute atomic E-state index is 0.449. The molecule has 0 spiro atoms. The van der Waals surface area contributed by atoms with Crippen molar-refractivity contribution in [2.24, 2.45) is 0 Å². The maximum Gasteiger partial charge on any atom is 0.238 e. The second-order valence-electron chi connectivity index (χ2n) is 5.22. The standard InChI is InChI=1S/C17H21ClN2O/c1-5-19-9-14-8-15(18)17(20-10-14)21-16-7-11(2)6-12(3)13(16)4/h6-8,10,19H,5,9H2,1-4H3. The molecule has 2 aromatic rings. The smallest absolute Gasteiger partial charge is 0.238 e. The summed E-state index contributed by atoms with van der Waals surface area (Å²) in [6, 6.07) is 6.04. The van der Waals surface area contributed by atoms with Crippen molar-refractivity contribution < 1.29 is 4.74 Å². The average Bonchev–Trinajstić information content (AvgIpc) is 2.44. The number of benzene rings is 1. The molecule has 0 bridgehead atoms. The second kappa shape index (κ2) is 6.92. The van der Waals surface area contributed by atoms with Crippen LogP contribution in [0.1, 0.15) is 29.2 Å². The first kappa shape index (κ1) is 15.8. The fourth-order valence-corrected chi connectivity index (χ4v) is 2.34. The number of pyridine rings is 1. The highest BCUT2D eigenvalue weighted by Crippen LogP contribution is 2.31. The highest BCUT2D eigenvalue weighted by Gasteiger charge is 2.10. The van der Waals surface area contributed by atoms with E-state index in [4.69, 9.17) is 16.3 Å². The number of aryl methyl sites for hydroxylation is 2. The molecule has 0 saturated heterocycles. The van der Waals surface area contributed by atoms with Gasteiger partial charge in [-0.2, -0.15) is 0 Å². The molecule has 0 unspecified atom stereocenters. The van der Waals surface area contributed by atoms with Gasteiger partial charge in [0, 0.05) is 12.7 Å². The minimum atomic E-state index is 0.449. The predicted octanol–water partition coefficient (Wildman–Crippen LogP) is 4.56. The quantitative estimate of drug-likeness (QED) is 0.879. The molecule has 112 valence electrons. The van der Waals surface area contributed by atoms with Crippen LogP contribution in [0.2, 0.25) is 5.02 Å². The molecule has 0 aliphatic heterocycles. The molecule has 0 aliphatic carbocycles. The summed E-state index contributed by atoms with van der Waals surface area (Å²) in [4.78, 5) is 4.33. The van der Waals surface area contributed by atoms with Crippen LogP contribution in [0.3, 0.4) is 0 Å². The van der Waals surface area contributed by atoms with Gasteiger partial charge in [0.25, 0.3) is 0 Å². The SMILES string of the molecule is CCNCc1cnc(Oc2cc(C)cc(C)c2C)c(Cl)c1. The van der Waals surface area contributed by atoms with Crippen LogP contribution in [-0.4, -0.2) is 11.5 Å². The number of hydrogen-bond donors (Lipinski definition) is 1. The third kappa shape index (κ3) is 3.96. The van der Waals surface area contributed by atoms with Crippen molar-refractivity contribution in [3.63, 3.8) is 0 Å². The zero-order valence-electron chi connectivity index (χ0n) is 13.0. The molecule has 0 aliphatic rings. The number of nitrogens with zero attached hydrogens (tertiary/aromatic N) is 1. The fourth-order valence-electron chi connectivity index (χ4n) is 2.12. The highest BCUT2D eigenvalue weighted by atomic mass is 35.5. The molecule has 0 fully saturated rings. The third-order valence-electron chi connectivity index (χ3n) is 3.41. The molecule has 0 saturated carbocycles. The molecule has 0 amide bonds. The van der Waals surface area contributed by atoms with E-state index < -0.39 is 0 Å². The van der Waals surface area contributed by atoms with Crippen molar-refractivity contribution in [2.45, 2.75) is 34.2 Å². The maximum atomic E-state index is 6.27. The number of nitrogens with one attached hydrogen (secondary N) is 1. The van der Waals surface area contributed by atoms with E-state index >= 15 is 0 Å². The lowest BCUT2D eigenvalue weighted by atomic mass is 10.1. The van der Waals surface area contributed by atoms with E-state index in [1.165, 1.54) is 5.56 Å². The van der Waals surface area contributed by atoms with E-state index in [-0.39, 0.29) is 0 Å². The van der Waals surface area contributed by atoms with Gasteiger partial charge >= 0.3 is 0 Å². The van der Waals surface area contributed by atoms with Crippen molar-refractivity contribution in [1.29, 1.82) is 0 Å². The Bertz CT molecular complexity index is 641. The van der Waals surface area contributed by atoms with Crippen LogP contribution in [0.4, 0.5) is 0 Å². The lowest BCUT2D eigenvalue weighted by Gasteiger charge is -2.13. The van der Waals surface area contributed by atoms with E-state index in [0.29, 0.717) is 10.9 Å². The lowest BCUT2D eigenvalue weighted by Crippen LogP contribution is -2.11. The molecular formula is C17H21ClN2O. The Labute approximate surface area is 131 Å². The Kier molecular flexibility index (Phi) is 5.21. The molecule has 1 aromatic heterocycles. The van der Waals surface area contributed by atoms with Gasteiger partial charge in [-0.1, -0.05) is 24.6 Å². The van der Waals surface area contributed by atoms with E-state index in [0.717, 1.165) is 35.5 Å². The normalized spacial score (nSPS) is 10.7. The number of halogens is 1. The summed E-state index contributed by atoms with van der Waals surface area (Å²) in [5.74, 6) is 1.26. The van der Waals surface area contributed by atoms with E-state index in [1.54, 1.807) is 6.20 Å². The molecule has 4 heteroatoms. The van der Waals surface area contributed by atoms with Crippen molar-refractivity contribution in [1.82, 2.24) is 10.3 Å². The van der Waals surface area contributed by atoms with Gasteiger partial charge in [-0.25, -0.2) is 4.98 Å². The summed E-state index contributed by atoms with van der Waals surface area (Å²) in [6.07, 6.45) is 1.79. The summed E-state index contributed by atoms with van der Waals surface area (Å²) >= 11 is 6.27. The van der Waals surface area contributed by atoms with Gasteiger partial charge in [0.2, 0.25) is 5.88 Å². The Morgan fingerprint density at radius 1 is 1.19 bits per heavy atom. The maximum absolute atomic E-state index is 6.27. The first-order valence-corrected chi connectivity index (χ1v) is 7.50. The van der Waals surface area contributed by atoms with Crippen LogP contribution >= 0.6 is 11.6 Å². The fraction of sp³-hybridized carbons (Fsp3) is 0.353. The van der Waals surface area contributed by atoms with Gasteiger partial charge in [-0.05, 0) is 61.7 Å². The minimum Gasteiger partial charge on any atom is -0.437 e. The largest absolute Gasteiger partial charge is 0.437 e. The number of hydrogen-bond acceptors (Lipinski definition) is 3. The Balaban J connectivity index is 2.24. The van der Waals surface area contributed by atoms with Crippen molar-refractivity contribution >= 4 is 11.6 Å². The van der Waals surface area contributed by atoms with Gasteiger partial charge in [0.15, 0.2) is 0 Å². The van der Waals surface area contributed by atoms with Gasteiger partial charge in [0.1, 0.15) is 10.8 Å². The lowest BCUT2D eigenvalue weighted by molar-refractivity contribution is 0.458. The number of aromatic nitrogens is 1. The zero-order chi connectivity index (χ0) is 15.4. The summed E-state index contributed by atoms with van der Waals surface area (Å²) in [6.45, 7) is 9.90. The van der Waals surface area contributed by atoms with Crippen molar-refractivity contribution in [3.8, 4) is 11.6 Å². The molecule has 1 heterocycles. The van der Waals surface area contributed by atoms with E-state index in [2.05, 4.69) is 30.2 Å². The first-order chi connectivity index (χ1) is 10.0. The molecule has 0 radical (unpaired) electrons. The van der Waals surface area contributed by atoms with Crippen LogP contribution < -0.4 is 10.1 Å². The van der Waals surface area contributed by atoms with Crippen LogP contribution in [0.25, 0.3) is 0 Å². The Hall–Kier alpha value is -1.58. The third-order valence-corrected chi connectivity index (χ3v) is 3.68. The van der Waals surface area contributed by atoms with Gasteiger partial charge in [-0.3, -0.25) is 0 Å². The monoisotopic (exact) mass is 304 g/mol. The molecule has 21 heavy (non-hydrogen) atoms. The summed E-state index contributed by atoms with van der Waals surface area (Å²) in [5, 5.41) is 3.78. The van der Waals surface area contributed by atoms with Gasteiger partial charge in [-0.15, -0.1) is 0 Å². The van der Waals surface area contributed by atoms with Crippen molar-refractivity contribution in [2.75, 3.05) is 6.54 Å². The summed E-state index contributed by atoms with van der Waals surface area (Å²) in [5.41, 5.74) is 4.51. The van der Waals surface area contributed by atoms with E-state index in [1.807, 2.05) is 26.0 Å². The first-order valence-electron chi connectivity index (χ1n) is 7.12. The average molecular weight is 305 g/mol. The molecule has 3 nitrogen and oxygen atoms in total. The van der Waals surface area contributed by atoms with Crippen molar-refractivity contribution in [3.05, 3.63) is 51.7 Å². The summed E-state index contributed by atoms with van der Waals surface area (Å²) in [7, 11) is 0. The molecular weight excluding hydrogens is 284 g/mol. The highest BCUT2D eigenvalue weighted by molar-refractivity contribution is 6.31. The van der Waals surface area contributed by atoms with Gasteiger partial charge in [0.05, 0.1) is 0 Å². The second-order valence-corrected chi connectivity index (χ2v) is 5.63. The zero-order valence-corrected chi connectivity index (χ0v) is 13.7. The van der Waals surface area contributed by atoms with Gasteiger partial charge < -0.3 is 10.1 Å². The van der Waals surface area contributed by atoms with Crippen LogP contribution in [0, 0.1) is 20.8 Å². The topological polar surface area (TPSA) is 34.2 Å². The van der Waals surface area contributed by atoms with Crippen LogP contribution in [0.15, 0.2) is 24.4 Å². The number of rotatable bonds is 5. The number of ether oxygens (including phenoxy) is 1. The van der Waals surface area contributed by atoms with Crippen LogP contribution in [-0.2, 0) is 6.54 Å². The summed E-state index contributed by atoms with van der Waals surface area (Å²) < 4.78 is 5.90. The van der Waals surface area contributed by atoms with Crippen LogP contribution in [0.5, 0.6) is 11.6 Å². The molecule has 2 rings (SSSR count). The van der Waals surface area contributed by atoms with E-state index in [9.17, 15) is 0 Å². The Morgan fingerprint density at radius 2 is 1.95 bits per heavy atom. The molecule has 0 atom stereocenters. The molecule has 1 N–H and O–H groups in total.